The first kappa shape index (κ1) is 19.0. The van der Waals surface area contributed by atoms with E-state index >= 15 is 0 Å². The van der Waals surface area contributed by atoms with Gasteiger partial charge >= 0.3 is 6.03 Å². The summed E-state index contributed by atoms with van der Waals surface area (Å²) in [7, 11) is 0. The fourth-order valence-corrected chi connectivity index (χ4v) is 6.19. The van der Waals surface area contributed by atoms with E-state index in [-0.39, 0.29) is 18.0 Å². The molecule has 2 aliphatic heterocycles. The molecular weight excluding hydrogens is 384 g/mol. The first-order valence-corrected chi connectivity index (χ1v) is 11.6. The average Bonchev–Trinajstić information content (AvgIpc) is 3.26. The smallest absolute Gasteiger partial charge is 0.323 e. The zero-order valence-corrected chi connectivity index (χ0v) is 17.7. The molecule has 29 heavy (non-hydrogen) atoms. The minimum absolute atomic E-state index is 0.0250. The summed E-state index contributed by atoms with van der Waals surface area (Å²) >= 11 is 1.73. The van der Waals surface area contributed by atoms with Crippen molar-refractivity contribution in [2.24, 2.45) is 5.92 Å². The second kappa shape index (κ2) is 7.36. The highest BCUT2D eigenvalue weighted by Gasteiger charge is 2.52. The van der Waals surface area contributed by atoms with Crippen molar-refractivity contribution in [2.75, 3.05) is 13.2 Å². The number of carbonyl (C=O) groups is 2. The number of imide groups is 1. The number of para-hydroxylation sites is 1. The van der Waals surface area contributed by atoms with Gasteiger partial charge in [0.2, 0.25) is 0 Å². The number of piperidine rings is 1. The molecule has 3 aliphatic rings. The highest BCUT2D eigenvalue weighted by atomic mass is 32.1. The van der Waals surface area contributed by atoms with Crippen molar-refractivity contribution in [1.82, 2.24) is 20.1 Å². The van der Waals surface area contributed by atoms with Crippen molar-refractivity contribution < 1.29 is 9.59 Å². The van der Waals surface area contributed by atoms with Crippen molar-refractivity contribution in [3.05, 3.63) is 29.3 Å². The van der Waals surface area contributed by atoms with Crippen LogP contribution in [0.5, 0.6) is 0 Å². The summed E-state index contributed by atoms with van der Waals surface area (Å²) in [4.78, 5) is 34.6. The zero-order chi connectivity index (χ0) is 20.0. The van der Waals surface area contributed by atoms with Gasteiger partial charge in [0, 0.05) is 6.54 Å². The summed E-state index contributed by atoms with van der Waals surface area (Å²) in [6, 6.07) is 8.16. The van der Waals surface area contributed by atoms with Crippen LogP contribution in [-0.4, -0.2) is 45.5 Å². The Morgan fingerprint density at radius 3 is 2.76 bits per heavy atom. The van der Waals surface area contributed by atoms with Crippen molar-refractivity contribution in [2.45, 2.75) is 63.5 Å². The van der Waals surface area contributed by atoms with Crippen LogP contribution in [0, 0.1) is 5.92 Å². The number of thiazole rings is 1. The first-order valence-electron chi connectivity index (χ1n) is 10.8. The maximum atomic E-state index is 13.3. The standard InChI is InChI=1S/C22H28N4O2S/c1-15-9-11-22(12-10-15)20(27)26(21(28)24-22)14-25-13-5-4-7-17(25)19-23-16-6-2-3-8-18(16)29-19/h2-3,6,8,15,17H,4-5,7,9-14H2,1H3,(H,24,28). The molecule has 5 rings (SSSR count). The molecule has 1 aromatic heterocycles. The summed E-state index contributed by atoms with van der Waals surface area (Å²) < 4.78 is 1.19. The number of rotatable bonds is 3. The summed E-state index contributed by atoms with van der Waals surface area (Å²) in [5.74, 6) is 0.605. The molecule has 1 spiro atoms. The maximum absolute atomic E-state index is 13.3. The number of likely N-dealkylation sites (tertiary alicyclic amines) is 1. The lowest BCUT2D eigenvalue weighted by Gasteiger charge is -2.37. The highest BCUT2D eigenvalue weighted by molar-refractivity contribution is 7.18. The Morgan fingerprint density at radius 1 is 1.17 bits per heavy atom. The Balaban J connectivity index is 1.36. The van der Waals surface area contributed by atoms with Crippen LogP contribution in [-0.2, 0) is 4.79 Å². The third-order valence-corrected chi connectivity index (χ3v) is 8.04. The molecule has 154 valence electrons. The zero-order valence-electron chi connectivity index (χ0n) is 16.9. The van der Waals surface area contributed by atoms with Gasteiger partial charge in [0.15, 0.2) is 0 Å². The number of urea groups is 1. The van der Waals surface area contributed by atoms with Crippen LogP contribution < -0.4 is 5.32 Å². The number of hydrogen-bond donors (Lipinski definition) is 1. The monoisotopic (exact) mass is 412 g/mol. The largest absolute Gasteiger partial charge is 0.326 e. The second-order valence-corrected chi connectivity index (χ2v) is 9.98. The Bertz CT molecular complexity index is 901. The maximum Gasteiger partial charge on any atom is 0.326 e. The summed E-state index contributed by atoms with van der Waals surface area (Å²) in [5.41, 5.74) is 0.369. The van der Waals surface area contributed by atoms with Crippen LogP contribution in [0.3, 0.4) is 0 Å². The van der Waals surface area contributed by atoms with E-state index < -0.39 is 5.54 Å². The molecule has 1 aromatic carbocycles. The van der Waals surface area contributed by atoms with E-state index in [2.05, 4.69) is 23.2 Å². The number of benzene rings is 1. The van der Waals surface area contributed by atoms with Crippen molar-refractivity contribution >= 4 is 33.5 Å². The third-order valence-electron chi connectivity index (χ3n) is 6.91. The first-order chi connectivity index (χ1) is 14.1. The molecule has 3 fully saturated rings. The lowest BCUT2D eigenvalue weighted by molar-refractivity contribution is -0.134. The molecule has 1 atom stereocenters. The molecule has 0 bridgehead atoms. The van der Waals surface area contributed by atoms with Gasteiger partial charge in [-0.05, 0) is 56.6 Å². The van der Waals surface area contributed by atoms with Crippen LogP contribution in [0.4, 0.5) is 4.79 Å². The molecular formula is C22H28N4O2S. The fourth-order valence-electron chi connectivity index (χ4n) is 5.05. The normalized spacial score (nSPS) is 31.0. The molecule has 6 nitrogen and oxygen atoms in total. The Morgan fingerprint density at radius 2 is 1.97 bits per heavy atom. The molecule has 1 saturated carbocycles. The van der Waals surface area contributed by atoms with Crippen LogP contribution in [0.25, 0.3) is 10.2 Å². The van der Waals surface area contributed by atoms with Gasteiger partial charge < -0.3 is 5.32 Å². The van der Waals surface area contributed by atoms with Gasteiger partial charge in [-0.1, -0.05) is 25.5 Å². The van der Waals surface area contributed by atoms with Gasteiger partial charge in [-0.2, -0.15) is 0 Å². The molecule has 1 unspecified atom stereocenters. The van der Waals surface area contributed by atoms with Crippen molar-refractivity contribution in [3.8, 4) is 0 Å². The predicted molar refractivity (Wildman–Crippen MR) is 114 cm³/mol. The molecule has 2 aromatic rings. The minimum Gasteiger partial charge on any atom is -0.323 e. The van der Waals surface area contributed by atoms with E-state index in [1.807, 2.05) is 18.2 Å². The lowest BCUT2D eigenvalue weighted by Crippen LogP contribution is -2.50. The minimum atomic E-state index is -0.662. The molecule has 1 aliphatic carbocycles. The van der Waals surface area contributed by atoms with Gasteiger partial charge in [0.05, 0.1) is 22.9 Å². The number of fused-ring (bicyclic) bond motifs is 1. The van der Waals surface area contributed by atoms with E-state index in [4.69, 9.17) is 4.98 Å². The number of hydrogen-bond acceptors (Lipinski definition) is 5. The average molecular weight is 413 g/mol. The van der Waals surface area contributed by atoms with Crippen LogP contribution >= 0.6 is 11.3 Å². The fraction of sp³-hybridized carbons (Fsp3) is 0.591. The Kier molecular flexibility index (Phi) is 4.82. The summed E-state index contributed by atoms with van der Waals surface area (Å²) in [6.07, 6.45) is 6.78. The Hall–Kier alpha value is -1.99. The number of nitrogens with zero attached hydrogens (tertiary/aromatic N) is 3. The van der Waals surface area contributed by atoms with E-state index in [0.717, 1.165) is 62.0 Å². The van der Waals surface area contributed by atoms with E-state index in [1.54, 1.807) is 11.3 Å². The molecule has 0 radical (unpaired) electrons. The lowest BCUT2D eigenvalue weighted by atomic mass is 9.77. The van der Waals surface area contributed by atoms with Crippen molar-refractivity contribution in [3.63, 3.8) is 0 Å². The predicted octanol–water partition coefficient (Wildman–Crippen LogP) is 4.28. The van der Waals surface area contributed by atoms with Crippen LogP contribution in [0.1, 0.15) is 62.9 Å². The number of nitrogens with one attached hydrogen (secondary N) is 1. The molecule has 3 heterocycles. The quantitative estimate of drug-likeness (QED) is 0.764. The summed E-state index contributed by atoms with van der Waals surface area (Å²) in [6.45, 7) is 3.48. The van der Waals surface area contributed by atoms with Gasteiger partial charge in [0.25, 0.3) is 5.91 Å². The van der Waals surface area contributed by atoms with Gasteiger partial charge in [-0.25, -0.2) is 14.7 Å². The van der Waals surface area contributed by atoms with Gasteiger partial charge in [-0.3, -0.25) is 9.69 Å². The topological polar surface area (TPSA) is 65.5 Å². The highest BCUT2D eigenvalue weighted by Crippen LogP contribution is 2.39. The third kappa shape index (κ3) is 3.34. The SMILES string of the molecule is CC1CCC2(CC1)NC(=O)N(CN1CCCCC1c1nc3ccccc3s1)C2=O. The number of amides is 3. The molecule has 3 amide bonds. The number of aromatic nitrogens is 1. The molecule has 7 heteroatoms. The second-order valence-electron chi connectivity index (χ2n) is 8.91. The van der Waals surface area contributed by atoms with Crippen LogP contribution in [0.2, 0.25) is 0 Å². The van der Waals surface area contributed by atoms with E-state index in [0.29, 0.717) is 12.6 Å². The summed E-state index contributed by atoms with van der Waals surface area (Å²) in [5, 5.41) is 4.15. The van der Waals surface area contributed by atoms with Crippen LogP contribution in [0.15, 0.2) is 24.3 Å². The van der Waals surface area contributed by atoms with E-state index in [1.165, 1.54) is 9.60 Å². The van der Waals surface area contributed by atoms with Gasteiger partial charge in [0.1, 0.15) is 10.5 Å². The molecule has 2 saturated heterocycles. The Labute approximate surface area is 175 Å². The number of carbonyl (C=O) groups excluding carboxylic acids is 2. The van der Waals surface area contributed by atoms with Crippen molar-refractivity contribution in [1.29, 1.82) is 0 Å². The van der Waals surface area contributed by atoms with Gasteiger partial charge in [-0.15, -0.1) is 11.3 Å². The molecule has 1 N–H and O–H groups in total. The van der Waals surface area contributed by atoms with E-state index in [9.17, 15) is 9.59 Å².